The third-order valence-electron chi connectivity index (χ3n) is 5.82. The third-order valence-corrected chi connectivity index (χ3v) is 5.82. The lowest BCUT2D eigenvalue weighted by molar-refractivity contribution is -0.161. The summed E-state index contributed by atoms with van der Waals surface area (Å²) in [4.78, 5) is 24.7. The van der Waals surface area contributed by atoms with Gasteiger partial charge >= 0.3 is 19.1 Å². The molecule has 2 rings (SSSR count). The number of methoxy groups -OCH3 is 1. The van der Waals surface area contributed by atoms with Crippen LogP contribution in [0.25, 0.3) is 0 Å². The van der Waals surface area contributed by atoms with Crippen molar-refractivity contribution in [2.24, 2.45) is 10.8 Å². The van der Waals surface area contributed by atoms with E-state index >= 15 is 0 Å². The first-order chi connectivity index (χ1) is 14.2. The number of carbonyl (C=O) groups excluding carboxylic acids is 2. The molecule has 1 aromatic carbocycles. The predicted molar refractivity (Wildman–Crippen MR) is 116 cm³/mol. The molecule has 1 aliphatic rings. The van der Waals surface area contributed by atoms with Crippen molar-refractivity contribution in [3.63, 3.8) is 0 Å². The maximum Gasteiger partial charge on any atom is 0.494 e. The van der Waals surface area contributed by atoms with Gasteiger partial charge in [0.15, 0.2) is 0 Å². The first-order valence-electron chi connectivity index (χ1n) is 10.8. The van der Waals surface area contributed by atoms with E-state index in [1.165, 1.54) is 7.11 Å². The zero-order valence-corrected chi connectivity index (χ0v) is 18.9. The molecule has 0 N–H and O–H groups in total. The molecule has 0 aliphatic carbocycles. The van der Waals surface area contributed by atoms with Crippen LogP contribution >= 0.6 is 0 Å². The molecule has 30 heavy (non-hydrogen) atoms. The topological polar surface area (TPSA) is 71.1 Å². The van der Waals surface area contributed by atoms with Gasteiger partial charge in [-0.2, -0.15) is 0 Å². The van der Waals surface area contributed by atoms with Crippen molar-refractivity contribution in [1.82, 2.24) is 0 Å². The largest absolute Gasteiger partial charge is 0.494 e. The molecule has 2 atom stereocenters. The molecule has 1 saturated heterocycles. The second kappa shape index (κ2) is 11.0. The van der Waals surface area contributed by atoms with Gasteiger partial charge in [0.05, 0.1) is 37.3 Å². The average molecular weight is 418 g/mol. The van der Waals surface area contributed by atoms with Gasteiger partial charge in [0.25, 0.3) is 0 Å². The fourth-order valence-electron chi connectivity index (χ4n) is 3.85. The highest BCUT2D eigenvalue weighted by atomic mass is 16.6. The third kappa shape index (κ3) is 6.57. The van der Waals surface area contributed by atoms with Crippen LogP contribution in [0, 0.1) is 10.8 Å². The fourth-order valence-corrected chi connectivity index (χ4v) is 3.85. The fraction of sp³-hybridized carbons (Fsp3) is 0.652. The van der Waals surface area contributed by atoms with E-state index in [1.807, 2.05) is 58.0 Å². The Morgan fingerprint density at radius 2 is 1.83 bits per heavy atom. The smallest absolute Gasteiger partial charge is 0.469 e. The molecule has 0 aromatic heterocycles. The van der Waals surface area contributed by atoms with E-state index in [1.54, 1.807) is 0 Å². The summed E-state index contributed by atoms with van der Waals surface area (Å²) in [6.07, 6.45) is 3.56. The van der Waals surface area contributed by atoms with E-state index in [2.05, 4.69) is 0 Å². The minimum atomic E-state index is -0.760. The molecule has 0 bridgehead atoms. The minimum Gasteiger partial charge on any atom is -0.469 e. The summed E-state index contributed by atoms with van der Waals surface area (Å²) in [7, 11) is 1.08. The van der Waals surface area contributed by atoms with Crippen molar-refractivity contribution in [3.8, 4) is 0 Å². The van der Waals surface area contributed by atoms with E-state index in [-0.39, 0.29) is 25.2 Å². The molecule has 0 radical (unpaired) electrons. The van der Waals surface area contributed by atoms with E-state index in [9.17, 15) is 9.59 Å². The molecular formula is C23H35BO6. The summed E-state index contributed by atoms with van der Waals surface area (Å²) in [5.41, 5.74) is -0.432. The van der Waals surface area contributed by atoms with Crippen LogP contribution in [0.5, 0.6) is 0 Å². The van der Waals surface area contributed by atoms with Gasteiger partial charge in [-0.25, -0.2) is 0 Å². The lowest BCUT2D eigenvalue weighted by atomic mass is 9.72. The van der Waals surface area contributed by atoms with Crippen molar-refractivity contribution < 1.29 is 28.4 Å². The van der Waals surface area contributed by atoms with Crippen LogP contribution in [0.1, 0.15) is 59.8 Å². The van der Waals surface area contributed by atoms with Crippen molar-refractivity contribution in [3.05, 3.63) is 30.3 Å². The minimum absolute atomic E-state index is 0.0627. The molecular weight excluding hydrogens is 383 g/mol. The average Bonchev–Trinajstić information content (AvgIpc) is 3.21. The summed E-state index contributed by atoms with van der Waals surface area (Å²) >= 11 is 0. The molecule has 6 nitrogen and oxygen atoms in total. The number of carbonyl (C=O) groups is 2. The van der Waals surface area contributed by atoms with Gasteiger partial charge in [-0.05, 0) is 58.3 Å². The zero-order valence-electron chi connectivity index (χ0n) is 18.9. The van der Waals surface area contributed by atoms with E-state index in [0.717, 1.165) is 24.7 Å². The Morgan fingerprint density at radius 1 is 1.13 bits per heavy atom. The molecule has 1 aliphatic heterocycles. The van der Waals surface area contributed by atoms with Gasteiger partial charge in [-0.15, -0.1) is 0 Å². The van der Waals surface area contributed by atoms with E-state index in [0.29, 0.717) is 26.1 Å². The van der Waals surface area contributed by atoms with Gasteiger partial charge < -0.3 is 18.8 Å². The Morgan fingerprint density at radius 3 is 2.47 bits per heavy atom. The van der Waals surface area contributed by atoms with Gasteiger partial charge in [-0.3, -0.25) is 9.59 Å². The molecule has 2 unspecified atom stereocenters. The number of rotatable bonds is 11. The highest BCUT2D eigenvalue weighted by Gasteiger charge is 2.42. The summed E-state index contributed by atoms with van der Waals surface area (Å²) in [6, 6.07) is 9.91. The quantitative estimate of drug-likeness (QED) is 0.311. The lowest BCUT2D eigenvalue weighted by Gasteiger charge is -2.33. The second-order valence-corrected chi connectivity index (χ2v) is 8.93. The molecule has 1 fully saturated rings. The van der Waals surface area contributed by atoms with Gasteiger partial charge in [0.2, 0.25) is 0 Å². The summed E-state index contributed by atoms with van der Waals surface area (Å²) in [5.74, 6) is -0.575. The van der Waals surface area contributed by atoms with Gasteiger partial charge in [-0.1, -0.05) is 37.3 Å². The lowest BCUT2D eigenvalue weighted by Crippen LogP contribution is -2.38. The van der Waals surface area contributed by atoms with Crippen molar-refractivity contribution in [2.75, 3.05) is 20.3 Å². The normalized spacial score (nSPS) is 18.7. The van der Waals surface area contributed by atoms with Crippen molar-refractivity contribution in [2.45, 2.75) is 65.9 Å². The van der Waals surface area contributed by atoms with E-state index < -0.39 is 10.8 Å². The Bertz CT molecular complexity index is 692. The highest BCUT2D eigenvalue weighted by Crippen LogP contribution is 2.38. The number of benzene rings is 1. The molecule has 7 heteroatoms. The first-order valence-corrected chi connectivity index (χ1v) is 10.8. The predicted octanol–water partition coefficient (Wildman–Crippen LogP) is 3.52. The summed E-state index contributed by atoms with van der Waals surface area (Å²) < 4.78 is 22.1. The Labute approximate surface area is 180 Å². The molecule has 1 aromatic rings. The molecule has 166 valence electrons. The number of ether oxygens (including phenoxy) is 2. The number of esters is 2. The van der Waals surface area contributed by atoms with E-state index in [4.69, 9.17) is 18.8 Å². The second-order valence-electron chi connectivity index (χ2n) is 8.93. The number of hydrogen-bond donors (Lipinski definition) is 0. The SMILES string of the molecule is CCC(C)(CC(C)(C)C(=O)OCCCCC1COB(c2ccccc2)O1)C(=O)OC. The standard InChI is InChI=1S/C23H35BO6/c1-6-23(4,21(26)27-5)17-22(2,3)20(25)28-15-11-10-14-19-16-29-24(30-19)18-12-8-7-9-13-18/h7-9,12-13,19H,6,10-11,14-17H2,1-5H3. The maximum absolute atomic E-state index is 12.6. The highest BCUT2D eigenvalue weighted by molar-refractivity contribution is 6.61. The van der Waals surface area contributed by atoms with Crippen LogP contribution in [0.3, 0.4) is 0 Å². The Kier molecular flexibility index (Phi) is 8.92. The van der Waals surface area contributed by atoms with Crippen LogP contribution < -0.4 is 5.46 Å². The number of hydrogen-bond acceptors (Lipinski definition) is 6. The molecule has 0 saturated carbocycles. The van der Waals surface area contributed by atoms with Gasteiger partial charge in [0, 0.05) is 0 Å². The Balaban J connectivity index is 1.69. The van der Waals surface area contributed by atoms with Crippen LogP contribution in [-0.2, 0) is 28.4 Å². The zero-order chi connectivity index (χ0) is 22.2. The summed E-state index contributed by atoms with van der Waals surface area (Å²) in [5, 5.41) is 0. The van der Waals surface area contributed by atoms with Gasteiger partial charge in [0.1, 0.15) is 0 Å². The van der Waals surface area contributed by atoms with Crippen molar-refractivity contribution >= 4 is 24.5 Å². The monoisotopic (exact) mass is 418 g/mol. The molecule has 0 amide bonds. The van der Waals surface area contributed by atoms with Crippen LogP contribution in [0.2, 0.25) is 0 Å². The molecule has 1 heterocycles. The van der Waals surface area contributed by atoms with Crippen LogP contribution in [0.15, 0.2) is 30.3 Å². The first kappa shape index (κ1) is 24.4. The number of unbranched alkanes of at least 4 members (excludes halogenated alkanes) is 1. The van der Waals surface area contributed by atoms with Crippen LogP contribution in [0.4, 0.5) is 0 Å². The van der Waals surface area contributed by atoms with Crippen molar-refractivity contribution in [1.29, 1.82) is 0 Å². The summed E-state index contributed by atoms with van der Waals surface area (Å²) in [6.45, 7) is 8.34. The Hall–Kier alpha value is -1.86. The van der Waals surface area contributed by atoms with Crippen LogP contribution in [-0.4, -0.2) is 45.5 Å². The molecule has 0 spiro atoms. The maximum atomic E-state index is 12.6.